The molecular weight excluding hydrogens is 218 g/mol. The summed E-state index contributed by atoms with van der Waals surface area (Å²) in [6.45, 7) is 0. The molecule has 0 saturated heterocycles. The Morgan fingerprint density at radius 1 is 1.29 bits per heavy atom. The summed E-state index contributed by atoms with van der Waals surface area (Å²) >= 11 is 0. The van der Waals surface area contributed by atoms with Gasteiger partial charge in [-0.2, -0.15) is 0 Å². The van der Waals surface area contributed by atoms with Crippen LogP contribution in [0.2, 0.25) is 0 Å². The molecule has 1 amide bonds. The second-order valence-corrected chi connectivity index (χ2v) is 3.44. The van der Waals surface area contributed by atoms with Crippen LogP contribution in [0.1, 0.15) is 10.4 Å². The number of hydrogen-bond acceptors (Lipinski definition) is 4. The van der Waals surface area contributed by atoms with Crippen molar-refractivity contribution in [3.63, 3.8) is 0 Å². The molecule has 0 aliphatic carbocycles. The van der Waals surface area contributed by atoms with Crippen molar-refractivity contribution in [2.75, 3.05) is 5.32 Å². The van der Waals surface area contributed by atoms with Crippen molar-refractivity contribution in [3.05, 3.63) is 48.2 Å². The zero-order chi connectivity index (χ0) is 12.3. The van der Waals surface area contributed by atoms with Gasteiger partial charge < -0.3 is 16.2 Å². The third-order valence-corrected chi connectivity index (χ3v) is 2.18. The summed E-state index contributed by atoms with van der Waals surface area (Å²) in [5.74, 6) is -0.0575. The fourth-order valence-corrected chi connectivity index (χ4v) is 1.42. The van der Waals surface area contributed by atoms with Crippen molar-refractivity contribution in [3.8, 4) is 5.75 Å². The first-order chi connectivity index (χ1) is 8.16. The summed E-state index contributed by atoms with van der Waals surface area (Å²) in [6.07, 6.45) is 1.55. The lowest BCUT2D eigenvalue weighted by Crippen LogP contribution is -2.14. The molecule has 1 aromatic heterocycles. The quantitative estimate of drug-likeness (QED) is 0.746. The standard InChI is InChI=1S/C12H11N3O2/c13-11(17)10-5-2-6-14-12(10)15-8-3-1-4-9(16)7-8/h1-7,16H,(H2,13,17)(H,14,15). The maximum absolute atomic E-state index is 11.2. The molecule has 1 aromatic carbocycles. The van der Waals surface area contributed by atoms with Crippen LogP contribution in [0, 0.1) is 0 Å². The van der Waals surface area contributed by atoms with Crippen molar-refractivity contribution >= 4 is 17.4 Å². The van der Waals surface area contributed by atoms with E-state index in [1.54, 1.807) is 36.5 Å². The highest BCUT2D eigenvalue weighted by atomic mass is 16.3. The lowest BCUT2D eigenvalue weighted by atomic mass is 10.2. The number of phenols is 1. The monoisotopic (exact) mass is 229 g/mol. The molecular formula is C12H11N3O2. The normalized spacial score (nSPS) is 9.88. The van der Waals surface area contributed by atoms with Gasteiger partial charge in [0, 0.05) is 18.0 Å². The molecule has 0 saturated carbocycles. The maximum atomic E-state index is 11.2. The van der Waals surface area contributed by atoms with Gasteiger partial charge in [0.1, 0.15) is 11.6 Å². The number of primary amides is 1. The number of carbonyl (C=O) groups excluding carboxylic acids is 1. The summed E-state index contributed by atoms with van der Waals surface area (Å²) < 4.78 is 0. The van der Waals surface area contributed by atoms with E-state index in [-0.39, 0.29) is 5.75 Å². The smallest absolute Gasteiger partial charge is 0.252 e. The van der Waals surface area contributed by atoms with Crippen molar-refractivity contribution in [2.45, 2.75) is 0 Å². The number of nitrogens with one attached hydrogen (secondary N) is 1. The minimum atomic E-state index is -0.555. The molecule has 0 aliphatic rings. The number of pyridine rings is 1. The Balaban J connectivity index is 2.33. The van der Waals surface area contributed by atoms with E-state index in [9.17, 15) is 9.90 Å². The first-order valence-electron chi connectivity index (χ1n) is 4.97. The Kier molecular flexibility index (Phi) is 2.91. The fourth-order valence-electron chi connectivity index (χ4n) is 1.42. The second-order valence-electron chi connectivity index (χ2n) is 3.44. The lowest BCUT2D eigenvalue weighted by Gasteiger charge is -2.08. The van der Waals surface area contributed by atoms with Crippen LogP contribution in [-0.2, 0) is 0 Å². The molecule has 5 heteroatoms. The molecule has 0 spiro atoms. The molecule has 0 atom stereocenters. The van der Waals surface area contributed by atoms with Crippen LogP contribution in [-0.4, -0.2) is 16.0 Å². The molecule has 1 heterocycles. The Hall–Kier alpha value is -2.56. The van der Waals surface area contributed by atoms with E-state index in [0.29, 0.717) is 17.1 Å². The Morgan fingerprint density at radius 3 is 2.82 bits per heavy atom. The van der Waals surface area contributed by atoms with Crippen molar-refractivity contribution in [2.24, 2.45) is 5.73 Å². The molecule has 0 unspecified atom stereocenters. The van der Waals surface area contributed by atoms with Gasteiger partial charge in [0.05, 0.1) is 5.56 Å². The number of rotatable bonds is 3. The summed E-state index contributed by atoms with van der Waals surface area (Å²) in [7, 11) is 0. The van der Waals surface area contributed by atoms with Crippen LogP contribution in [0.4, 0.5) is 11.5 Å². The minimum absolute atomic E-state index is 0.131. The van der Waals surface area contributed by atoms with Crippen molar-refractivity contribution in [1.82, 2.24) is 4.98 Å². The molecule has 2 rings (SSSR count). The predicted molar refractivity (Wildman–Crippen MR) is 64.1 cm³/mol. The number of anilines is 2. The SMILES string of the molecule is NC(=O)c1cccnc1Nc1cccc(O)c1. The summed E-state index contributed by atoms with van der Waals surface area (Å²) in [4.78, 5) is 15.2. The van der Waals surface area contributed by atoms with Gasteiger partial charge in [0.15, 0.2) is 0 Å². The van der Waals surface area contributed by atoms with Gasteiger partial charge in [-0.25, -0.2) is 4.98 Å². The van der Waals surface area contributed by atoms with Crippen molar-refractivity contribution < 1.29 is 9.90 Å². The van der Waals surface area contributed by atoms with Gasteiger partial charge >= 0.3 is 0 Å². The second kappa shape index (κ2) is 4.52. The fraction of sp³-hybridized carbons (Fsp3) is 0. The molecule has 0 fully saturated rings. The topological polar surface area (TPSA) is 88.2 Å². The van der Waals surface area contributed by atoms with Gasteiger partial charge in [-0.1, -0.05) is 6.07 Å². The first-order valence-corrected chi connectivity index (χ1v) is 4.97. The number of hydrogen-bond donors (Lipinski definition) is 3. The third-order valence-electron chi connectivity index (χ3n) is 2.18. The zero-order valence-electron chi connectivity index (χ0n) is 8.92. The highest BCUT2D eigenvalue weighted by molar-refractivity contribution is 5.98. The Labute approximate surface area is 97.9 Å². The van der Waals surface area contributed by atoms with Crippen LogP contribution >= 0.6 is 0 Å². The number of carbonyl (C=O) groups is 1. The van der Waals surface area contributed by atoms with Gasteiger partial charge in [0.2, 0.25) is 0 Å². The van der Waals surface area contributed by atoms with E-state index in [1.807, 2.05) is 0 Å². The summed E-state index contributed by atoms with van der Waals surface area (Å²) in [6, 6.07) is 9.73. The van der Waals surface area contributed by atoms with Crippen LogP contribution in [0.5, 0.6) is 5.75 Å². The first kappa shape index (κ1) is 10.9. The molecule has 5 nitrogen and oxygen atoms in total. The number of aromatic hydroxyl groups is 1. The van der Waals surface area contributed by atoms with Crippen LogP contribution in [0.15, 0.2) is 42.6 Å². The number of phenolic OH excluding ortho intramolecular Hbond substituents is 1. The average Bonchev–Trinajstić information content (AvgIpc) is 2.29. The van der Waals surface area contributed by atoms with Gasteiger partial charge in [-0.05, 0) is 24.3 Å². The largest absolute Gasteiger partial charge is 0.508 e. The maximum Gasteiger partial charge on any atom is 0.252 e. The number of aromatic nitrogens is 1. The molecule has 0 radical (unpaired) electrons. The van der Waals surface area contributed by atoms with Crippen molar-refractivity contribution in [1.29, 1.82) is 0 Å². The Bertz CT molecular complexity index is 555. The third kappa shape index (κ3) is 2.52. The molecule has 17 heavy (non-hydrogen) atoms. The number of amides is 1. The molecule has 0 bridgehead atoms. The highest BCUT2D eigenvalue weighted by Gasteiger charge is 2.08. The van der Waals surface area contributed by atoms with Gasteiger partial charge in [0.25, 0.3) is 5.91 Å². The predicted octanol–water partition coefficient (Wildman–Crippen LogP) is 1.63. The number of nitrogens with two attached hydrogens (primary N) is 1. The van der Waals surface area contributed by atoms with E-state index < -0.39 is 5.91 Å². The minimum Gasteiger partial charge on any atom is -0.508 e. The summed E-state index contributed by atoms with van der Waals surface area (Å²) in [5, 5.41) is 12.2. The van der Waals surface area contributed by atoms with Crippen LogP contribution in [0.25, 0.3) is 0 Å². The van der Waals surface area contributed by atoms with Crippen LogP contribution < -0.4 is 11.1 Å². The van der Waals surface area contributed by atoms with Crippen LogP contribution in [0.3, 0.4) is 0 Å². The molecule has 0 aliphatic heterocycles. The van der Waals surface area contributed by atoms with E-state index in [2.05, 4.69) is 10.3 Å². The number of nitrogens with zero attached hydrogens (tertiary/aromatic N) is 1. The number of benzene rings is 1. The van der Waals surface area contributed by atoms with E-state index in [0.717, 1.165) is 0 Å². The Morgan fingerprint density at radius 2 is 2.12 bits per heavy atom. The molecule has 86 valence electrons. The van der Waals surface area contributed by atoms with E-state index in [4.69, 9.17) is 5.73 Å². The van der Waals surface area contributed by atoms with Gasteiger partial charge in [-0.3, -0.25) is 4.79 Å². The highest BCUT2D eigenvalue weighted by Crippen LogP contribution is 2.21. The molecule has 2 aromatic rings. The van der Waals surface area contributed by atoms with E-state index in [1.165, 1.54) is 6.07 Å². The zero-order valence-corrected chi connectivity index (χ0v) is 8.92. The molecule has 4 N–H and O–H groups in total. The summed E-state index contributed by atoms with van der Waals surface area (Å²) in [5.41, 5.74) is 6.16. The van der Waals surface area contributed by atoms with Gasteiger partial charge in [-0.15, -0.1) is 0 Å². The van der Waals surface area contributed by atoms with E-state index >= 15 is 0 Å². The average molecular weight is 229 g/mol. The lowest BCUT2D eigenvalue weighted by molar-refractivity contribution is 0.100.